The van der Waals surface area contributed by atoms with Crippen LogP contribution < -0.4 is 5.32 Å². The molecule has 0 atom stereocenters. The predicted molar refractivity (Wildman–Crippen MR) is 25.4 cm³/mol. The first-order valence-electron chi connectivity index (χ1n) is 1.90. The molecule has 3 nitrogen and oxygen atoms in total. The van der Waals surface area contributed by atoms with Crippen LogP contribution in [-0.2, 0) is 9.53 Å². The lowest BCUT2D eigenvalue weighted by molar-refractivity contribution is -0.137. The number of nitrogens with one attached hydrogen (secondary N) is 1. The van der Waals surface area contributed by atoms with Crippen LogP contribution in [0.5, 0.6) is 0 Å². The van der Waals surface area contributed by atoms with E-state index in [0.29, 0.717) is 0 Å². The van der Waals surface area contributed by atoms with Gasteiger partial charge < -0.3 is 10.1 Å². The zero-order valence-corrected chi connectivity index (χ0v) is 4.23. The summed E-state index contributed by atoms with van der Waals surface area (Å²) in [5.74, 6) is -0.345. The number of ether oxygens (including phenoxy) is 1. The maximum absolute atomic E-state index is 10.1. The van der Waals surface area contributed by atoms with Crippen molar-refractivity contribution in [3.8, 4) is 0 Å². The van der Waals surface area contributed by atoms with E-state index >= 15 is 0 Å². The fourth-order valence-electron chi connectivity index (χ4n) is 0.195. The van der Waals surface area contributed by atoms with E-state index in [4.69, 9.17) is 0 Å². The molecule has 3 heteroatoms. The Morgan fingerprint density at radius 2 is 2.57 bits per heavy atom. The van der Waals surface area contributed by atoms with Crippen LogP contribution >= 0.6 is 0 Å². The summed E-state index contributed by atoms with van der Waals surface area (Å²) in [4.78, 5) is 10.1. The molecule has 0 saturated heterocycles. The highest BCUT2D eigenvalue weighted by Crippen LogP contribution is 1.67. The number of hydrogen-bond acceptors (Lipinski definition) is 3. The molecule has 0 spiro atoms. The summed E-state index contributed by atoms with van der Waals surface area (Å²) in [6.45, 7) is 0.226. The molecule has 0 fully saturated rings. The van der Waals surface area contributed by atoms with Gasteiger partial charge >= 0.3 is 5.97 Å². The molecule has 0 aromatic carbocycles. The lowest BCUT2D eigenvalue weighted by Crippen LogP contribution is -2.18. The van der Waals surface area contributed by atoms with Crippen molar-refractivity contribution < 1.29 is 9.53 Å². The van der Waals surface area contributed by atoms with Crippen LogP contribution in [0.4, 0.5) is 0 Å². The molecule has 7 heavy (non-hydrogen) atoms. The summed E-state index contributed by atoms with van der Waals surface area (Å²) in [6, 6.07) is 0. The molecule has 0 aliphatic rings. The Kier molecular flexibility index (Phi) is 3.32. The van der Waals surface area contributed by atoms with Crippen LogP contribution in [0.25, 0.3) is 0 Å². The summed E-state index contributed by atoms with van der Waals surface area (Å²) in [7, 11) is 4.58. The van der Waals surface area contributed by atoms with Gasteiger partial charge in [-0.15, -0.1) is 0 Å². The zero-order valence-electron chi connectivity index (χ0n) is 4.23. The smallest absolute Gasteiger partial charge is 0.320 e. The maximum Gasteiger partial charge on any atom is 0.320 e. The predicted octanol–water partition coefficient (Wildman–Crippen LogP) is -0.459. The van der Waals surface area contributed by atoms with E-state index in [1.165, 1.54) is 0 Å². The number of hydrogen-bond donors (Lipinski definition) is 1. The highest BCUT2D eigenvalue weighted by atomic mass is 16.5. The maximum atomic E-state index is 10.1. The standard InChI is InChI=1S/C4H8NO2/c1-5-3-4(6)7-2/h5H,2-3H2,1H3. The quantitative estimate of drug-likeness (QED) is 0.479. The lowest BCUT2D eigenvalue weighted by Gasteiger charge is -1.92. The van der Waals surface area contributed by atoms with E-state index in [-0.39, 0.29) is 12.5 Å². The number of esters is 1. The minimum atomic E-state index is -0.345. The number of carbonyl (C=O) groups excluding carboxylic acids is 1. The average Bonchev–Trinajstić information content (AvgIpc) is 1.68. The van der Waals surface area contributed by atoms with Crippen LogP contribution in [0.1, 0.15) is 0 Å². The van der Waals surface area contributed by atoms with Crippen LogP contribution in [0.15, 0.2) is 0 Å². The summed E-state index contributed by atoms with van der Waals surface area (Å²) in [5, 5.41) is 2.60. The number of likely N-dealkylation sites (N-methyl/N-ethyl adjacent to an activating group) is 1. The topological polar surface area (TPSA) is 38.3 Å². The van der Waals surface area contributed by atoms with Crippen molar-refractivity contribution in [2.75, 3.05) is 13.6 Å². The average molecular weight is 102 g/mol. The molecule has 1 radical (unpaired) electrons. The van der Waals surface area contributed by atoms with E-state index < -0.39 is 0 Å². The van der Waals surface area contributed by atoms with Crippen LogP contribution in [0.2, 0.25) is 0 Å². The second-order valence-corrected chi connectivity index (χ2v) is 1.05. The van der Waals surface area contributed by atoms with Crippen molar-refractivity contribution in [1.82, 2.24) is 5.32 Å². The molecule has 41 valence electrons. The van der Waals surface area contributed by atoms with E-state index in [1.807, 2.05) is 0 Å². The van der Waals surface area contributed by atoms with Gasteiger partial charge in [-0.25, -0.2) is 0 Å². The highest BCUT2D eigenvalue weighted by Gasteiger charge is 1.92. The van der Waals surface area contributed by atoms with E-state index in [2.05, 4.69) is 17.2 Å². The van der Waals surface area contributed by atoms with Gasteiger partial charge in [0.25, 0.3) is 0 Å². The van der Waals surface area contributed by atoms with Crippen molar-refractivity contribution in [3.05, 3.63) is 7.11 Å². The molecule has 0 aliphatic heterocycles. The summed E-state index contributed by atoms with van der Waals surface area (Å²) >= 11 is 0. The second kappa shape index (κ2) is 3.61. The molecule has 0 saturated carbocycles. The Bertz CT molecular complexity index is 62.7. The first-order chi connectivity index (χ1) is 3.31. The normalized spacial score (nSPS) is 8.29. The monoisotopic (exact) mass is 102 g/mol. The fourth-order valence-corrected chi connectivity index (χ4v) is 0.195. The minimum absolute atomic E-state index is 0.226. The Morgan fingerprint density at radius 3 is 2.71 bits per heavy atom. The van der Waals surface area contributed by atoms with Gasteiger partial charge in [0.05, 0.1) is 6.54 Å². The first-order valence-corrected chi connectivity index (χ1v) is 1.90. The third-order valence-corrected chi connectivity index (χ3v) is 0.482. The Labute approximate surface area is 42.7 Å². The molecule has 0 amide bonds. The first kappa shape index (κ1) is 6.43. The zero-order chi connectivity index (χ0) is 5.70. The summed E-state index contributed by atoms with van der Waals surface area (Å²) in [5.41, 5.74) is 0. The van der Waals surface area contributed by atoms with Gasteiger partial charge in [0, 0.05) is 0 Å². The van der Waals surface area contributed by atoms with Crippen LogP contribution in [-0.4, -0.2) is 19.6 Å². The van der Waals surface area contributed by atoms with Gasteiger partial charge in [-0.3, -0.25) is 4.79 Å². The molecule has 0 rings (SSSR count). The Hall–Kier alpha value is -0.570. The minimum Gasteiger partial charge on any atom is -0.461 e. The van der Waals surface area contributed by atoms with Crippen molar-refractivity contribution in [3.63, 3.8) is 0 Å². The third-order valence-electron chi connectivity index (χ3n) is 0.482. The molecule has 0 heterocycles. The molecule has 0 aromatic rings. The number of carbonyl (C=O) groups is 1. The Balaban J connectivity index is 3.00. The van der Waals surface area contributed by atoms with Crippen LogP contribution in [0, 0.1) is 7.11 Å². The SMILES string of the molecule is [CH2]OC(=O)CNC. The molecule has 1 N–H and O–H groups in total. The van der Waals surface area contributed by atoms with Crippen LogP contribution in [0.3, 0.4) is 0 Å². The van der Waals surface area contributed by atoms with Gasteiger partial charge in [0.15, 0.2) is 0 Å². The molecule has 0 aliphatic carbocycles. The molecular weight excluding hydrogens is 94.0 g/mol. The van der Waals surface area contributed by atoms with Gasteiger partial charge in [-0.05, 0) is 7.05 Å². The van der Waals surface area contributed by atoms with Crippen molar-refractivity contribution in [1.29, 1.82) is 0 Å². The second-order valence-electron chi connectivity index (χ2n) is 1.05. The van der Waals surface area contributed by atoms with Gasteiger partial charge in [-0.2, -0.15) is 0 Å². The lowest BCUT2D eigenvalue weighted by atomic mass is 10.7. The molecular formula is C4H8NO2. The molecule has 0 unspecified atom stereocenters. The van der Waals surface area contributed by atoms with E-state index in [9.17, 15) is 4.79 Å². The van der Waals surface area contributed by atoms with Gasteiger partial charge in [0.1, 0.15) is 7.11 Å². The molecule has 0 aromatic heterocycles. The van der Waals surface area contributed by atoms with Gasteiger partial charge in [0.2, 0.25) is 0 Å². The van der Waals surface area contributed by atoms with Crippen molar-refractivity contribution >= 4 is 5.97 Å². The van der Waals surface area contributed by atoms with E-state index in [1.54, 1.807) is 7.05 Å². The Morgan fingerprint density at radius 1 is 2.00 bits per heavy atom. The largest absolute Gasteiger partial charge is 0.461 e. The fraction of sp³-hybridized carbons (Fsp3) is 0.500. The van der Waals surface area contributed by atoms with E-state index in [0.717, 1.165) is 0 Å². The van der Waals surface area contributed by atoms with Crippen molar-refractivity contribution in [2.24, 2.45) is 0 Å². The van der Waals surface area contributed by atoms with Gasteiger partial charge in [-0.1, -0.05) is 0 Å². The number of rotatable bonds is 2. The molecule has 0 bridgehead atoms. The third kappa shape index (κ3) is 3.26. The summed E-state index contributed by atoms with van der Waals surface area (Å²) < 4.78 is 4.04. The summed E-state index contributed by atoms with van der Waals surface area (Å²) in [6.07, 6.45) is 0. The highest BCUT2D eigenvalue weighted by molar-refractivity contribution is 5.71. The van der Waals surface area contributed by atoms with Crippen molar-refractivity contribution in [2.45, 2.75) is 0 Å².